The molecular weight excluding hydrogens is 164 g/mol. The first-order chi connectivity index (χ1) is 4.92. The summed E-state index contributed by atoms with van der Waals surface area (Å²) in [6, 6.07) is 0. The highest BCUT2D eigenvalue weighted by molar-refractivity contribution is 7.92. The van der Waals surface area contributed by atoms with Crippen LogP contribution < -0.4 is 0 Å². The van der Waals surface area contributed by atoms with Crippen molar-refractivity contribution in [3.8, 4) is 0 Å². The molecule has 0 aliphatic carbocycles. The Hall–Kier alpha value is -0.0900. The van der Waals surface area contributed by atoms with Gasteiger partial charge in [-0.2, -0.15) is 0 Å². The van der Waals surface area contributed by atoms with Crippen molar-refractivity contribution in [2.45, 2.75) is 20.0 Å². The van der Waals surface area contributed by atoms with Crippen molar-refractivity contribution in [2.75, 3.05) is 11.5 Å². The highest BCUT2D eigenvalue weighted by Crippen LogP contribution is 2.25. The lowest BCUT2D eigenvalue weighted by molar-refractivity contribution is 0.0766. The molecule has 1 heterocycles. The fourth-order valence-electron chi connectivity index (χ4n) is 1.35. The second-order valence-corrected chi connectivity index (χ2v) is 5.73. The summed E-state index contributed by atoms with van der Waals surface area (Å²) in [5.74, 6) is 0.495. The normalized spacial score (nSPS) is 26.5. The summed E-state index contributed by atoms with van der Waals surface area (Å²) in [4.78, 5) is 0. The molecule has 0 spiro atoms. The van der Waals surface area contributed by atoms with Gasteiger partial charge >= 0.3 is 0 Å². The summed E-state index contributed by atoms with van der Waals surface area (Å²) in [5, 5.41) is 9.41. The lowest BCUT2D eigenvalue weighted by Crippen LogP contribution is -2.45. The second-order valence-electron chi connectivity index (χ2n) is 3.57. The third-order valence-electron chi connectivity index (χ3n) is 2.10. The van der Waals surface area contributed by atoms with Crippen LogP contribution in [0, 0.1) is 11.8 Å². The van der Waals surface area contributed by atoms with E-state index < -0.39 is 15.9 Å². The largest absolute Gasteiger partial charge is 0.393 e. The lowest BCUT2D eigenvalue weighted by Gasteiger charge is -2.32. The summed E-state index contributed by atoms with van der Waals surface area (Å²) in [6.07, 6.45) is -0.446. The molecule has 66 valence electrons. The van der Waals surface area contributed by atoms with E-state index in [-0.39, 0.29) is 23.3 Å². The van der Waals surface area contributed by atoms with Crippen molar-refractivity contribution in [3.63, 3.8) is 0 Å². The van der Waals surface area contributed by atoms with E-state index in [0.29, 0.717) is 0 Å². The lowest BCUT2D eigenvalue weighted by atomic mass is 9.96. The van der Waals surface area contributed by atoms with E-state index in [2.05, 4.69) is 0 Å². The van der Waals surface area contributed by atoms with E-state index in [9.17, 15) is 13.5 Å². The van der Waals surface area contributed by atoms with Crippen molar-refractivity contribution in [3.05, 3.63) is 0 Å². The molecule has 1 N–H and O–H groups in total. The molecule has 1 saturated heterocycles. The molecule has 1 fully saturated rings. The third-order valence-corrected chi connectivity index (χ3v) is 3.97. The summed E-state index contributed by atoms with van der Waals surface area (Å²) in [6.45, 7) is 3.80. The molecule has 0 bridgehead atoms. The molecule has 0 aromatic heterocycles. The summed E-state index contributed by atoms with van der Waals surface area (Å²) in [5.41, 5.74) is 0. The number of sulfone groups is 1. The van der Waals surface area contributed by atoms with Crippen LogP contribution in [0.25, 0.3) is 0 Å². The summed E-state index contributed by atoms with van der Waals surface area (Å²) in [7, 11) is -2.77. The molecule has 1 aliphatic heterocycles. The molecule has 3 nitrogen and oxygen atoms in total. The number of aliphatic hydroxyl groups is 1. The highest BCUT2D eigenvalue weighted by atomic mass is 32.2. The van der Waals surface area contributed by atoms with Gasteiger partial charge in [0.1, 0.15) is 0 Å². The Kier molecular flexibility index (Phi) is 2.25. The zero-order valence-electron chi connectivity index (χ0n) is 6.82. The zero-order chi connectivity index (χ0) is 8.65. The smallest absolute Gasteiger partial charge is 0.151 e. The maximum absolute atomic E-state index is 10.7. The molecule has 1 aliphatic rings. The van der Waals surface area contributed by atoms with Gasteiger partial charge in [-0.25, -0.2) is 8.42 Å². The predicted octanol–water partition coefficient (Wildman–Crippen LogP) is 0.0479. The van der Waals surface area contributed by atoms with Crippen LogP contribution in [0.1, 0.15) is 13.8 Å². The van der Waals surface area contributed by atoms with Gasteiger partial charge in [0.15, 0.2) is 9.84 Å². The van der Waals surface area contributed by atoms with Gasteiger partial charge in [0, 0.05) is 5.92 Å². The number of aliphatic hydroxyl groups excluding tert-OH is 1. The van der Waals surface area contributed by atoms with Crippen LogP contribution in [0.15, 0.2) is 0 Å². The van der Waals surface area contributed by atoms with Crippen molar-refractivity contribution >= 4 is 9.84 Å². The van der Waals surface area contributed by atoms with Gasteiger partial charge in [0.05, 0.1) is 17.6 Å². The van der Waals surface area contributed by atoms with Crippen LogP contribution in [0.2, 0.25) is 0 Å². The molecule has 0 saturated carbocycles. The monoisotopic (exact) mass is 178 g/mol. The summed E-state index contributed by atoms with van der Waals surface area (Å²) >= 11 is 0. The average Bonchev–Trinajstić information content (AvgIpc) is 1.80. The Morgan fingerprint density at radius 1 is 1.36 bits per heavy atom. The quantitative estimate of drug-likeness (QED) is 0.650. The fraction of sp³-hybridized carbons (Fsp3) is 1.00. The molecule has 4 heteroatoms. The number of hydrogen-bond acceptors (Lipinski definition) is 3. The van der Waals surface area contributed by atoms with Crippen LogP contribution in [0.3, 0.4) is 0 Å². The van der Waals surface area contributed by atoms with Crippen molar-refractivity contribution < 1.29 is 13.5 Å². The van der Waals surface area contributed by atoms with E-state index in [1.807, 2.05) is 13.8 Å². The van der Waals surface area contributed by atoms with Crippen LogP contribution in [-0.4, -0.2) is 31.1 Å². The van der Waals surface area contributed by atoms with Gasteiger partial charge in [0.2, 0.25) is 0 Å². The molecule has 0 aromatic carbocycles. The Morgan fingerprint density at radius 2 is 1.82 bits per heavy atom. The molecule has 0 radical (unpaired) electrons. The van der Waals surface area contributed by atoms with Gasteiger partial charge in [-0.3, -0.25) is 0 Å². The van der Waals surface area contributed by atoms with Gasteiger partial charge in [-0.1, -0.05) is 13.8 Å². The van der Waals surface area contributed by atoms with Gasteiger partial charge < -0.3 is 5.11 Å². The highest BCUT2D eigenvalue weighted by Gasteiger charge is 2.38. The average molecular weight is 178 g/mol. The van der Waals surface area contributed by atoms with E-state index in [0.717, 1.165) is 0 Å². The molecule has 1 unspecified atom stereocenters. The minimum absolute atomic E-state index is 0.0139. The number of rotatable bonds is 2. The van der Waals surface area contributed by atoms with Gasteiger partial charge in [0.25, 0.3) is 0 Å². The first-order valence-corrected chi connectivity index (χ1v) is 5.63. The topological polar surface area (TPSA) is 54.4 Å². The zero-order valence-corrected chi connectivity index (χ0v) is 7.63. The SMILES string of the molecule is CC(C)C(O)C1CS(=O)(=O)C1. The van der Waals surface area contributed by atoms with Crippen molar-refractivity contribution in [1.82, 2.24) is 0 Å². The summed E-state index contributed by atoms with van der Waals surface area (Å²) < 4.78 is 21.4. The molecule has 11 heavy (non-hydrogen) atoms. The van der Waals surface area contributed by atoms with Crippen LogP contribution in [0.4, 0.5) is 0 Å². The van der Waals surface area contributed by atoms with Gasteiger partial charge in [-0.05, 0) is 5.92 Å². The molecular formula is C7H14O3S. The molecule has 1 atom stereocenters. The number of hydrogen-bond donors (Lipinski definition) is 1. The minimum Gasteiger partial charge on any atom is -0.393 e. The van der Waals surface area contributed by atoms with Crippen molar-refractivity contribution in [1.29, 1.82) is 0 Å². The third kappa shape index (κ3) is 1.93. The maximum Gasteiger partial charge on any atom is 0.151 e. The van der Waals surface area contributed by atoms with Crippen molar-refractivity contribution in [2.24, 2.45) is 11.8 Å². The maximum atomic E-state index is 10.7. The van der Waals surface area contributed by atoms with E-state index in [4.69, 9.17) is 0 Å². The fourth-order valence-corrected chi connectivity index (χ4v) is 2.95. The molecule has 1 rings (SSSR count). The Balaban J connectivity index is 2.44. The molecule has 0 amide bonds. The van der Waals surface area contributed by atoms with E-state index in [1.54, 1.807) is 0 Å². The van der Waals surface area contributed by atoms with Gasteiger partial charge in [-0.15, -0.1) is 0 Å². The van der Waals surface area contributed by atoms with Crippen LogP contribution >= 0.6 is 0 Å². The van der Waals surface area contributed by atoms with E-state index >= 15 is 0 Å². The Bertz CT molecular complexity index is 218. The Morgan fingerprint density at radius 3 is 2.09 bits per heavy atom. The molecule has 0 aromatic rings. The standard InChI is InChI=1S/C7H14O3S/c1-5(2)7(8)6-3-11(9,10)4-6/h5-8H,3-4H2,1-2H3. The second kappa shape index (κ2) is 2.75. The van der Waals surface area contributed by atoms with Crippen LogP contribution in [-0.2, 0) is 9.84 Å². The first-order valence-electron chi connectivity index (χ1n) is 3.81. The first kappa shape index (κ1) is 9.00. The predicted molar refractivity (Wildman–Crippen MR) is 43.0 cm³/mol. The van der Waals surface area contributed by atoms with Crippen LogP contribution in [0.5, 0.6) is 0 Å². The minimum atomic E-state index is -2.77. The Labute approximate surface area is 67.3 Å². The van der Waals surface area contributed by atoms with E-state index in [1.165, 1.54) is 0 Å².